The zero-order chi connectivity index (χ0) is 15.8. The molecule has 5 heteroatoms. The molecule has 2 aromatic rings. The maximum atomic E-state index is 12.3. The average Bonchev–Trinajstić information content (AvgIpc) is 2.55. The number of hydrogen-bond acceptors (Lipinski definition) is 4. The molecule has 120 valence electrons. The topological polar surface area (TPSA) is 47.4 Å². The van der Waals surface area contributed by atoms with Crippen molar-refractivity contribution in [2.24, 2.45) is 5.92 Å². The van der Waals surface area contributed by atoms with Crippen molar-refractivity contribution in [3.8, 4) is 5.88 Å². The third kappa shape index (κ3) is 2.83. The Kier molecular flexibility index (Phi) is 3.56. The fourth-order valence-corrected chi connectivity index (χ4v) is 3.62. The Hall–Kier alpha value is -2.30. The van der Waals surface area contributed by atoms with Gasteiger partial charge in [0.05, 0.1) is 0 Å². The van der Waals surface area contributed by atoms with Gasteiger partial charge in [0.25, 0.3) is 0 Å². The van der Waals surface area contributed by atoms with Crippen LogP contribution in [-0.4, -0.2) is 22.6 Å². The van der Waals surface area contributed by atoms with E-state index in [1.54, 1.807) is 4.57 Å². The maximum Gasteiger partial charge on any atom is 0.352 e. The van der Waals surface area contributed by atoms with E-state index in [0.717, 1.165) is 31.0 Å². The number of aryl methyl sites for hydroxylation is 1. The molecule has 0 N–H and O–H groups in total. The summed E-state index contributed by atoms with van der Waals surface area (Å²) >= 11 is 0. The maximum absolute atomic E-state index is 12.3. The van der Waals surface area contributed by atoms with Crippen molar-refractivity contribution >= 4 is 5.82 Å². The molecular formula is C18H21N3O2. The van der Waals surface area contributed by atoms with E-state index in [1.165, 1.54) is 18.4 Å². The summed E-state index contributed by atoms with van der Waals surface area (Å²) in [5, 5.41) is 0. The molecule has 1 saturated heterocycles. The van der Waals surface area contributed by atoms with Crippen LogP contribution in [0.5, 0.6) is 5.88 Å². The highest BCUT2D eigenvalue weighted by atomic mass is 16.5. The number of hydrogen-bond donors (Lipinski definition) is 0. The van der Waals surface area contributed by atoms with Crippen molar-refractivity contribution < 1.29 is 4.74 Å². The zero-order valence-electron chi connectivity index (χ0n) is 13.4. The second-order valence-corrected chi connectivity index (χ2v) is 6.58. The highest BCUT2D eigenvalue weighted by Gasteiger charge is 2.29. The monoisotopic (exact) mass is 311 g/mol. The second-order valence-electron chi connectivity index (χ2n) is 6.58. The van der Waals surface area contributed by atoms with Gasteiger partial charge in [-0.05, 0) is 31.2 Å². The third-order valence-electron chi connectivity index (χ3n) is 4.72. The van der Waals surface area contributed by atoms with Gasteiger partial charge in [-0.15, -0.1) is 0 Å². The first-order valence-corrected chi connectivity index (χ1v) is 8.24. The molecule has 3 heterocycles. The molecule has 0 amide bonds. The standard InChI is InChI=1S/C18H21N3O2/c1-13-4-2-5-14(8-13)12-23-16-9-17-20-7-3-6-15(10-20)11-21(17)18(22)19-16/h2,4-5,8-9,15H,3,6-7,10-12H2,1H3. The first-order valence-electron chi connectivity index (χ1n) is 8.24. The van der Waals surface area contributed by atoms with Crippen LogP contribution in [0.3, 0.4) is 0 Å². The van der Waals surface area contributed by atoms with Gasteiger partial charge >= 0.3 is 5.69 Å². The van der Waals surface area contributed by atoms with Crippen molar-refractivity contribution in [2.45, 2.75) is 32.9 Å². The lowest BCUT2D eigenvalue weighted by Crippen LogP contribution is -2.46. The molecule has 2 bridgehead atoms. The van der Waals surface area contributed by atoms with Crippen LogP contribution >= 0.6 is 0 Å². The van der Waals surface area contributed by atoms with E-state index >= 15 is 0 Å². The summed E-state index contributed by atoms with van der Waals surface area (Å²) in [5.41, 5.74) is 2.09. The van der Waals surface area contributed by atoms with Crippen LogP contribution in [0, 0.1) is 12.8 Å². The summed E-state index contributed by atoms with van der Waals surface area (Å²) in [5.74, 6) is 1.96. The number of aromatic nitrogens is 2. The fraction of sp³-hybridized carbons (Fsp3) is 0.444. The summed E-state index contributed by atoms with van der Waals surface area (Å²) in [4.78, 5) is 18.7. The summed E-state index contributed by atoms with van der Waals surface area (Å²) in [6.07, 6.45) is 2.40. The first kappa shape index (κ1) is 14.3. The number of benzene rings is 1. The van der Waals surface area contributed by atoms with E-state index in [2.05, 4.69) is 28.9 Å². The third-order valence-corrected chi connectivity index (χ3v) is 4.72. The predicted molar refractivity (Wildman–Crippen MR) is 88.9 cm³/mol. The smallest absolute Gasteiger partial charge is 0.352 e. The lowest BCUT2D eigenvalue weighted by Gasteiger charge is -2.40. The van der Waals surface area contributed by atoms with Crippen molar-refractivity contribution in [3.63, 3.8) is 0 Å². The molecule has 0 saturated carbocycles. The Bertz CT molecular complexity index is 784. The van der Waals surface area contributed by atoms with Gasteiger partial charge < -0.3 is 9.64 Å². The van der Waals surface area contributed by atoms with Crippen LogP contribution in [0.1, 0.15) is 24.0 Å². The van der Waals surface area contributed by atoms with Crippen LogP contribution < -0.4 is 15.3 Å². The molecule has 4 rings (SSSR count). The van der Waals surface area contributed by atoms with Crippen molar-refractivity contribution in [3.05, 3.63) is 51.9 Å². The van der Waals surface area contributed by atoms with E-state index in [-0.39, 0.29) is 5.69 Å². The van der Waals surface area contributed by atoms with Crippen molar-refractivity contribution in [1.82, 2.24) is 9.55 Å². The van der Waals surface area contributed by atoms with Crippen LogP contribution in [0.25, 0.3) is 0 Å². The first-order chi connectivity index (χ1) is 11.2. The van der Waals surface area contributed by atoms with Crippen LogP contribution in [0.2, 0.25) is 0 Å². The minimum Gasteiger partial charge on any atom is -0.473 e. The number of ether oxygens (including phenoxy) is 1. The molecule has 1 fully saturated rings. The van der Waals surface area contributed by atoms with Gasteiger partial charge in [-0.25, -0.2) is 4.79 Å². The summed E-state index contributed by atoms with van der Waals surface area (Å²) in [6.45, 7) is 5.33. The SMILES string of the molecule is Cc1cccc(COc2cc3n(c(=O)n2)CC2CCCN3C2)c1. The van der Waals surface area contributed by atoms with Crippen LogP contribution in [0.15, 0.2) is 35.1 Å². The van der Waals surface area contributed by atoms with Gasteiger partial charge in [0.15, 0.2) is 0 Å². The van der Waals surface area contributed by atoms with E-state index in [4.69, 9.17) is 4.74 Å². The molecule has 23 heavy (non-hydrogen) atoms. The number of piperidine rings is 1. The number of fused-ring (bicyclic) bond motifs is 4. The van der Waals surface area contributed by atoms with Gasteiger partial charge in [-0.2, -0.15) is 4.98 Å². The molecule has 5 nitrogen and oxygen atoms in total. The molecule has 1 aromatic heterocycles. The number of anilines is 1. The van der Waals surface area contributed by atoms with Gasteiger partial charge in [0.1, 0.15) is 12.4 Å². The van der Waals surface area contributed by atoms with Crippen LogP contribution in [-0.2, 0) is 13.2 Å². The molecule has 2 aliphatic rings. The fourth-order valence-electron chi connectivity index (χ4n) is 3.62. The molecule has 0 aliphatic carbocycles. The van der Waals surface area contributed by atoms with Crippen molar-refractivity contribution in [1.29, 1.82) is 0 Å². The number of rotatable bonds is 3. The van der Waals surface area contributed by atoms with Gasteiger partial charge in [-0.3, -0.25) is 4.57 Å². The van der Waals surface area contributed by atoms with Gasteiger partial charge in [0, 0.05) is 25.7 Å². The van der Waals surface area contributed by atoms with E-state index in [9.17, 15) is 4.79 Å². The molecule has 2 aliphatic heterocycles. The Morgan fingerprint density at radius 2 is 2.22 bits per heavy atom. The Morgan fingerprint density at radius 1 is 1.30 bits per heavy atom. The highest BCUT2D eigenvalue weighted by Crippen LogP contribution is 2.30. The largest absolute Gasteiger partial charge is 0.473 e. The van der Waals surface area contributed by atoms with Gasteiger partial charge in [-0.1, -0.05) is 29.8 Å². The Morgan fingerprint density at radius 3 is 3.09 bits per heavy atom. The average molecular weight is 311 g/mol. The summed E-state index contributed by atoms with van der Waals surface area (Å²) in [6, 6.07) is 10.1. The van der Waals surface area contributed by atoms with E-state index < -0.39 is 0 Å². The molecule has 1 aromatic carbocycles. The lowest BCUT2D eigenvalue weighted by molar-refractivity contribution is 0.283. The zero-order valence-corrected chi connectivity index (χ0v) is 13.4. The molecule has 0 spiro atoms. The minimum absolute atomic E-state index is 0.196. The van der Waals surface area contributed by atoms with Crippen LogP contribution in [0.4, 0.5) is 5.82 Å². The minimum atomic E-state index is -0.196. The summed E-state index contributed by atoms with van der Waals surface area (Å²) < 4.78 is 7.58. The van der Waals surface area contributed by atoms with E-state index in [1.807, 2.05) is 18.2 Å². The quantitative estimate of drug-likeness (QED) is 0.873. The Balaban J connectivity index is 1.58. The second kappa shape index (κ2) is 5.72. The van der Waals surface area contributed by atoms with Gasteiger partial charge in [0.2, 0.25) is 5.88 Å². The lowest BCUT2D eigenvalue weighted by atomic mass is 9.96. The van der Waals surface area contributed by atoms with E-state index in [0.29, 0.717) is 18.4 Å². The van der Waals surface area contributed by atoms with Crippen molar-refractivity contribution in [2.75, 3.05) is 18.0 Å². The molecule has 1 unspecified atom stereocenters. The highest BCUT2D eigenvalue weighted by molar-refractivity contribution is 5.44. The summed E-state index contributed by atoms with van der Waals surface area (Å²) in [7, 11) is 0. The molecular weight excluding hydrogens is 290 g/mol. The Labute approximate surface area is 135 Å². The molecule has 1 atom stereocenters. The predicted octanol–water partition coefficient (Wildman–Crippen LogP) is 2.36. The molecule has 0 radical (unpaired) electrons. The number of nitrogens with zero attached hydrogens (tertiary/aromatic N) is 3. The normalized spacial score (nSPS) is 19.3.